The van der Waals surface area contributed by atoms with E-state index in [0.717, 1.165) is 16.8 Å². The van der Waals surface area contributed by atoms with E-state index in [1.54, 1.807) is 7.05 Å². The summed E-state index contributed by atoms with van der Waals surface area (Å²) >= 11 is 0. The molecular formula is C11H15NO2. The number of likely N-dealkylation sites (N-methyl/N-ethyl adjacent to an activating group) is 1. The number of carbonyl (C=O) groups is 1. The van der Waals surface area contributed by atoms with Crippen molar-refractivity contribution in [1.29, 1.82) is 0 Å². The van der Waals surface area contributed by atoms with Gasteiger partial charge in [0, 0.05) is 12.7 Å². The van der Waals surface area contributed by atoms with Gasteiger partial charge in [-0.2, -0.15) is 0 Å². The van der Waals surface area contributed by atoms with Crippen LogP contribution in [0.5, 0.6) is 0 Å². The number of hydrogen-bond acceptors (Lipinski definition) is 2. The van der Waals surface area contributed by atoms with E-state index in [4.69, 9.17) is 5.11 Å². The van der Waals surface area contributed by atoms with Crippen molar-refractivity contribution in [2.24, 2.45) is 0 Å². The Balaban J connectivity index is 3.05. The number of aliphatic hydroxyl groups is 1. The van der Waals surface area contributed by atoms with Crippen molar-refractivity contribution < 1.29 is 9.90 Å². The van der Waals surface area contributed by atoms with Crippen LogP contribution in [0.1, 0.15) is 11.1 Å². The highest BCUT2D eigenvalue weighted by Gasteiger charge is 2.11. The summed E-state index contributed by atoms with van der Waals surface area (Å²) in [4.78, 5) is 12.7. The predicted octanol–water partition coefficient (Wildman–Crippen LogP) is 1.26. The molecule has 0 aromatic heterocycles. The van der Waals surface area contributed by atoms with E-state index in [-0.39, 0.29) is 5.91 Å². The maximum atomic E-state index is 11.3. The lowest BCUT2D eigenvalue weighted by molar-refractivity contribution is -0.120. The molecule has 0 aliphatic heterocycles. The van der Waals surface area contributed by atoms with Crippen molar-refractivity contribution >= 4 is 11.6 Å². The number of benzene rings is 1. The quantitative estimate of drug-likeness (QED) is 0.768. The molecular weight excluding hydrogens is 178 g/mol. The topological polar surface area (TPSA) is 40.5 Å². The van der Waals surface area contributed by atoms with E-state index in [1.807, 2.05) is 32.0 Å². The van der Waals surface area contributed by atoms with Gasteiger partial charge in [0.2, 0.25) is 0 Å². The minimum absolute atomic E-state index is 0.293. The van der Waals surface area contributed by atoms with Crippen molar-refractivity contribution in [3.63, 3.8) is 0 Å². The standard InChI is InChI=1S/C11H15NO2/c1-8-4-5-9(2)10(6-8)12(3)11(14)7-13/h4-6,13H,7H2,1-3H3. The van der Waals surface area contributed by atoms with Gasteiger partial charge in [-0.3, -0.25) is 4.79 Å². The van der Waals surface area contributed by atoms with Crippen LogP contribution in [-0.4, -0.2) is 24.7 Å². The molecule has 0 fully saturated rings. The Hall–Kier alpha value is -1.35. The van der Waals surface area contributed by atoms with E-state index in [2.05, 4.69) is 0 Å². The Bertz CT molecular complexity index is 347. The second kappa shape index (κ2) is 4.24. The summed E-state index contributed by atoms with van der Waals surface area (Å²) in [5.41, 5.74) is 2.98. The van der Waals surface area contributed by atoms with Crippen LogP contribution in [0.4, 0.5) is 5.69 Å². The molecule has 0 bridgehead atoms. The molecule has 0 unspecified atom stereocenters. The maximum Gasteiger partial charge on any atom is 0.252 e. The minimum atomic E-state index is -0.454. The first-order chi connectivity index (χ1) is 6.56. The molecule has 0 saturated carbocycles. The van der Waals surface area contributed by atoms with Crippen LogP contribution in [-0.2, 0) is 4.79 Å². The van der Waals surface area contributed by atoms with Gasteiger partial charge >= 0.3 is 0 Å². The first-order valence-electron chi connectivity index (χ1n) is 4.51. The Morgan fingerprint density at radius 3 is 2.64 bits per heavy atom. The molecule has 0 aliphatic rings. The first-order valence-corrected chi connectivity index (χ1v) is 4.51. The zero-order chi connectivity index (χ0) is 10.7. The number of amides is 1. The Labute approximate surface area is 84.0 Å². The van der Waals surface area contributed by atoms with Crippen molar-refractivity contribution in [3.05, 3.63) is 29.3 Å². The van der Waals surface area contributed by atoms with Gasteiger partial charge in [0.1, 0.15) is 6.61 Å². The van der Waals surface area contributed by atoms with Crippen LogP contribution in [0.25, 0.3) is 0 Å². The van der Waals surface area contributed by atoms with Crippen molar-refractivity contribution in [2.75, 3.05) is 18.6 Å². The summed E-state index contributed by atoms with van der Waals surface area (Å²) < 4.78 is 0. The Morgan fingerprint density at radius 2 is 2.07 bits per heavy atom. The number of carbonyl (C=O) groups excluding carboxylic acids is 1. The molecule has 1 rings (SSSR count). The smallest absolute Gasteiger partial charge is 0.252 e. The third-order valence-corrected chi connectivity index (χ3v) is 2.24. The lowest BCUT2D eigenvalue weighted by Gasteiger charge is -2.18. The summed E-state index contributed by atoms with van der Waals surface area (Å²) in [6.07, 6.45) is 0. The zero-order valence-electron chi connectivity index (χ0n) is 8.74. The number of aliphatic hydroxyl groups excluding tert-OH is 1. The van der Waals surface area contributed by atoms with Gasteiger partial charge in [0.05, 0.1) is 0 Å². The first kappa shape index (κ1) is 10.7. The van der Waals surface area contributed by atoms with Gasteiger partial charge in [0.25, 0.3) is 5.91 Å². The predicted molar refractivity (Wildman–Crippen MR) is 56.4 cm³/mol. The number of nitrogens with zero attached hydrogens (tertiary/aromatic N) is 1. The molecule has 14 heavy (non-hydrogen) atoms. The largest absolute Gasteiger partial charge is 0.387 e. The highest BCUT2D eigenvalue weighted by atomic mass is 16.3. The van der Waals surface area contributed by atoms with Crippen LogP contribution in [0.3, 0.4) is 0 Å². The second-order valence-corrected chi connectivity index (χ2v) is 3.40. The van der Waals surface area contributed by atoms with E-state index in [1.165, 1.54) is 4.90 Å². The fourth-order valence-electron chi connectivity index (χ4n) is 1.32. The molecule has 1 aromatic carbocycles. The summed E-state index contributed by atoms with van der Waals surface area (Å²) in [7, 11) is 1.67. The van der Waals surface area contributed by atoms with Crippen LogP contribution < -0.4 is 4.90 Å². The molecule has 0 saturated heterocycles. The second-order valence-electron chi connectivity index (χ2n) is 3.40. The van der Waals surface area contributed by atoms with Gasteiger partial charge in [-0.05, 0) is 31.0 Å². The number of rotatable bonds is 2. The summed E-state index contributed by atoms with van der Waals surface area (Å²) in [5.74, 6) is -0.293. The van der Waals surface area contributed by atoms with Crippen molar-refractivity contribution in [3.8, 4) is 0 Å². The van der Waals surface area contributed by atoms with Crippen LogP contribution >= 0.6 is 0 Å². The SMILES string of the molecule is Cc1ccc(C)c(N(C)C(=O)CO)c1. The van der Waals surface area contributed by atoms with Crippen LogP contribution in [0.2, 0.25) is 0 Å². The molecule has 76 valence electrons. The molecule has 1 amide bonds. The van der Waals surface area contributed by atoms with E-state index >= 15 is 0 Å². The maximum absolute atomic E-state index is 11.3. The van der Waals surface area contributed by atoms with Gasteiger partial charge in [-0.1, -0.05) is 12.1 Å². The number of anilines is 1. The monoisotopic (exact) mass is 193 g/mol. The summed E-state index contributed by atoms with van der Waals surface area (Å²) in [6, 6.07) is 5.89. The molecule has 3 nitrogen and oxygen atoms in total. The number of hydrogen-bond donors (Lipinski definition) is 1. The zero-order valence-corrected chi connectivity index (χ0v) is 8.74. The fourth-order valence-corrected chi connectivity index (χ4v) is 1.32. The van der Waals surface area contributed by atoms with Crippen LogP contribution in [0, 0.1) is 13.8 Å². The molecule has 0 radical (unpaired) electrons. The third-order valence-electron chi connectivity index (χ3n) is 2.24. The molecule has 0 aliphatic carbocycles. The average Bonchev–Trinajstić information content (AvgIpc) is 2.19. The molecule has 1 N–H and O–H groups in total. The molecule has 0 heterocycles. The normalized spacial score (nSPS) is 10.0. The average molecular weight is 193 g/mol. The van der Waals surface area contributed by atoms with E-state index < -0.39 is 6.61 Å². The van der Waals surface area contributed by atoms with Crippen LogP contribution in [0.15, 0.2) is 18.2 Å². The molecule has 0 spiro atoms. The van der Waals surface area contributed by atoms with Gasteiger partial charge in [0.15, 0.2) is 0 Å². The van der Waals surface area contributed by atoms with Crippen molar-refractivity contribution in [1.82, 2.24) is 0 Å². The van der Waals surface area contributed by atoms with E-state index in [0.29, 0.717) is 0 Å². The third kappa shape index (κ3) is 2.12. The van der Waals surface area contributed by atoms with Gasteiger partial charge in [-0.15, -0.1) is 0 Å². The fraction of sp³-hybridized carbons (Fsp3) is 0.364. The van der Waals surface area contributed by atoms with Crippen molar-refractivity contribution in [2.45, 2.75) is 13.8 Å². The molecule has 3 heteroatoms. The number of aryl methyl sites for hydroxylation is 2. The van der Waals surface area contributed by atoms with Gasteiger partial charge < -0.3 is 10.0 Å². The molecule has 1 aromatic rings. The Morgan fingerprint density at radius 1 is 1.43 bits per heavy atom. The highest BCUT2D eigenvalue weighted by molar-refractivity contribution is 5.94. The summed E-state index contributed by atoms with van der Waals surface area (Å²) in [6.45, 7) is 3.46. The summed E-state index contributed by atoms with van der Waals surface area (Å²) in [5, 5.41) is 8.74. The lowest BCUT2D eigenvalue weighted by atomic mass is 10.1. The van der Waals surface area contributed by atoms with E-state index in [9.17, 15) is 4.79 Å². The minimum Gasteiger partial charge on any atom is -0.387 e. The molecule has 0 atom stereocenters. The van der Waals surface area contributed by atoms with Gasteiger partial charge in [-0.25, -0.2) is 0 Å². The highest BCUT2D eigenvalue weighted by Crippen LogP contribution is 2.20. The lowest BCUT2D eigenvalue weighted by Crippen LogP contribution is -2.29. The Kier molecular flexibility index (Phi) is 3.25.